The van der Waals surface area contributed by atoms with Crippen LogP contribution in [-0.4, -0.2) is 45.1 Å². The Kier molecular flexibility index (Phi) is 4.70. The minimum atomic E-state index is -3.92. The zero-order valence-electron chi connectivity index (χ0n) is 8.84. The number of nitriles is 1. The molecule has 0 atom stereocenters. The van der Waals surface area contributed by atoms with Gasteiger partial charge in [-0.05, 0) is 13.8 Å². The molecule has 88 valence electrons. The van der Waals surface area contributed by atoms with E-state index in [1.807, 2.05) is 0 Å². The Balaban J connectivity index is 5.08. The summed E-state index contributed by atoms with van der Waals surface area (Å²) in [5.74, 6) is 0. The predicted octanol–water partition coefficient (Wildman–Crippen LogP) is -0.448. The lowest BCUT2D eigenvalue weighted by molar-refractivity contribution is 0.388. The molecular weight excluding hydrogens is 240 g/mol. The van der Waals surface area contributed by atoms with E-state index in [2.05, 4.69) is 0 Å². The molecule has 0 aromatic carbocycles. The molecule has 0 rings (SSSR count). The topological polar surface area (TPSA) is 95.3 Å². The van der Waals surface area contributed by atoms with Gasteiger partial charge in [0.1, 0.15) is 6.54 Å². The molecule has 0 saturated carbocycles. The lowest BCUT2D eigenvalue weighted by Gasteiger charge is -2.22. The highest BCUT2D eigenvalue weighted by Crippen LogP contribution is 2.08. The average Bonchev–Trinajstić information content (AvgIpc) is 1.93. The van der Waals surface area contributed by atoms with Gasteiger partial charge >= 0.3 is 0 Å². The fraction of sp³-hybridized carbons (Fsp3) is 0.857. The summed E-state index contributed by atoms with van der Waals surface area (Å²) in [7, 11) is -7.54. The van der Waals surface area contributed by atoms with Crippen LogP contribution in [0.25, 0.3) is 0 Å². The minimum Gasteiger partial charge on any atom is -0.228 e. The van der Waals surface area contributed by atoms with Crippen LogP contribution in [-0.2, 0) is 19.9 Å². The van der Waals surface area contributed by atoms with Gasteiger partial charge < -0.3 is 0 Å². The maximum atomic E-state index is 11.6. The minimum absolute atomic E-state index is 0.338. The van der Waals surface area contributed by atoms with Crippen LogP contribution >= 0.6 is 0 Å². The standard InChI is InChI=1S/C7H14N2O4S2/c1-7(2)9(5-4-8)15(12,13)6-14(3,10)11/h7H,5-6H2,1-3H3. The lowest BCUT2D eigenvalue weighted by Crippen LogP contribution is -2.40. The largest absolute Gasteiger partial charge is 0.229 e. The molecule has 0 aromatic heterocycles. The van der Waals surface area contributed by atoms with Crippen molar-refractivity contribution in [3.05, 3.63) is 0 Å². The van der Waals surface area contributed by atoms with Crippen LogP contribution < -0.4 is 0 Å². The highest BCUT2D eigenvalue weighted by molar-refractivity contribution is 8.06. The van der Waals surface area contributed by atoms with Gasteiger partial charge in [0.2, 0.25) is 10.0 Å². The van der Waals surface area contributed by atoms with E-state index in [1.165, 1.54) is 0 Å². The summed E-state index contributed by atoms with van der Waals surface area (Å²) in [5, 5.41) is 7.48. The Bertz CT molecular complexity index is 444. The van der Waals surface area contributed by atoms with Gasteiger partial charge in [0.05, 0.1) is 6.07 Å². The van der Waals surface area contributed by atoms with E-state index < -0.39 is 31.0 Å². The van der Waals surface area contributed by atoms with E-state index in [4.69, 9.17) is 5.26 Å². The second-order valence-electron chi connectivity index (χ2n) is 3.45. The number of sulfone groups is 1. The van der Waals surface area contributed by atoms with Gasteiger partial charge in [-0.25, -0.2) is 16.8 Å². The summed E-state index contributed by atoms with van der Waals surface area (Å²) >= 11 is 0. The molecule has 0 radical (unpaired) electrons. The van der Waals surface area contributed by atoms with E-state index >= 15 is 0 Å². The molecule has 0 unspecified atom stereocenters. The average molecular weight is 254 g/mol. The molecule has 0 N–H and O–H groups in total. The molecule has 0 aliphatic rings. The van der Waals surface area contributed by atoms with E-state index in [0.717, 1.165) is 10.6 Å². The van der Waals surface area contributed by atoms with Crippen molar-refractivity contribution >= 4 is 19.9 Å². The number of hydrogen-bond acceptors (Lipinski definition) is 5. The summed E-state index contributed by atoms with van der Waals surface area (Å²) < 4.78 is 45.8. The number of sulfonamides is 1. The second-order valence-corrected chi connectivity index (χ2v) is 7.88. The van der Waals surface area contributed by atoms with Crippen LogP contribution in [0.4, 0.5) is 0 Å². The first-order valence-corrected chi connectivity index (χ1v) is 7.81. The third-order valence-electron chi connectivity index (χ3n) is 1.52. The van der Waals surface area contributed by atoms with Crippen molar-refractivity contribution in [1.29, 1.82) is 5.26 Å². The SMILES string of the molecule is CC(C)N(CC#N)S(=O)(=O)CS(C)(=O)=O. The number of nitrogens with zero attached hydrogens (tertiary/aromatic N) is 2. The van der Waals surface area contributed by atoms with Gasteiger partial charge in [0.15, 0.2) is 14.9 Å². The molecular formula is C7H14N2O4S2. The first-order valence-electron chi connectivity index (χ1n) is 4.14. The maximum absolute atomic E-state index is 11.6. The van der Waals surface area contributed by atoms with Crippen LogP contribution in [0.15, 0.2) is 0 Å². The molecule has 0 aromatic rings. The van der Waals surface area contributed by atoms with Crippen LogP contribution in [0.1, 0.15) is 13.8 Å². The van der Waals surface area contributed by atoms with E-state index in [9.17, 15) is 16.8 Å². The van der Waals surface area contributed by atoms with Gasteiger partial charge in [0.25, 0.3) is 0 Å². The first-order chi connectivity index (χ1) is 6.60. The predicted molar refractivity (Wildman–Crippen MR) is 56.1 cm³/mol. The van der Waals surface area contributed by atoms with Crippen LogP contribution in [0.2, 0.25) is 0 Å². The number of rotatable bonds is 5. The van der Waals surface area contributed by atoms with Gasteiger partial charge in [-0.3, -0.25) is 0 Å². The zero-order valence-corrected chi connectivity index (χ0v) is 10.5. The molecule has 0 spiro atoms. The van der Waals surface area contributed by atoms with Crippen molar-refractivity contribution in [2.24, 2.45) is 0 Å². The zero-order chi connectivity index (χ0) is 12.3. The fourth-order valence-corrected chi connectivity index (χ4v) is 4.61. The van der Waals surface area contributed by atoms with Gasteiger partial charge in [0, 0.05) is 12.3 Å². The molecule has 0 amide bonds. The van der Waals surface area contributed by atoms with E-state index in [-0.39, 0.29) is 6.54 Å². The lowest BCUT2D eigenvalue weighted by atomic mass is 10.4. The van der Waals surface area contributed by atoms with Crippen molar-refractivity contribution in [3.63, 3.8) is 0 Å². The summed E-state index contributed by atoms with van der Waals surface area (Å²) in [5.41, 5.74) is 0. The third-order valence-corrected chi connectivity index (χ3v) is 5.69. The summed E-state index contributed by atoms with van der Waals surface area (Å²) in [4.78, 5) is 0. The van der Waals surface area contributed by atoms with Crippen LogP contribution in [0.3, 0.4) is 0 Å². The summed E-state index contributed by atoms with van der Waals surface area (Å²) in [6, 6.07) is 1.26. The fourth-order valence-electron chi connectivity index (χ4n) is 1.01. The highest BCUT2D eigenvalue weighted by atomic mass is 32.3. The van der Waals surface area contributed by atoms with Crippen molar-refractivity contribution in [2.75, 3.05) is 17.9 Å². The highest BCUT2D eigenvalue weighted by Gasteiger charge is 2.28. The molecule has 0 aliphatic carbocycles. The monoisotopic (exact) mass is 254 g/mol. The number of hydrogen-bond donors (Lipinski definition) is 0. The quantitative estimate of drug-likeness (QED) is 0.619. The Morgan fingerprint density at radius 3 is 2.00 bits per heavy atom. The molecule has 8 heteroatoms. The Hall–Kier alpha value is -0.650. The van der Waals surface area contributed by atoms with Crippen molar-refractivity contribution < 1.29 is 16.8 Å². The Morgan fingerprint density at radius 1 is 1.27 bits per heavy atom. The Labute approximate surface area is 90.5 Å². The summed E-state index contributed by atoms with van der Waals surface area (Å²) in [6.07, 6.45) is 0.843. The summed E-state index contributed by atoms with van der Waals surface area (Å²) in [6.45, 7) is 2.82. The smallest absolute Gasteiger partial charge is 0.228 e. The van der Waals surface area contributed by atoms with Gasteiger partial charge in [-0.1, -0.05) is 0 Å². The van der Waals surface area contributed by atoms with E-state index in [1.54, 1.807) is 19.9 Å². The van der Waals surface area contributed by atoms with Crippen LogP contribution in [0.5, 0.6) is 0 Å². The van der Waals surface area contributed by atoms with Crippen molar-refractivity contribution in [3.8, 4) is 6.07 Å². The van der Waals surface area contributed by atoms with Gasteiger partial charge in [-0.15, -0.1) is 0 Å². The molecule has 0 fully saturated rings. The maximum Gasteiger partial charge on any atom is 0.229 e. The van der Waals surface area contributed by atoms with Crippen molar-refractivity contribution in [1.82, 2.24) is 4.31 Å². The molecule has 0 aliphatic heterocycles. The van der Waals surface area contributed by atoms with Gasteiger partial charge in [-0.2, -0.15) is 9.57 Å². The second kappa shape index (κ2) is 4.92. The normalized spacial score (nSPS) is 13.1. The third kappa shape index (κ3) is 5.11. The molecule has 15 heavy (non-hydrogen) atoms. The molecule has 0 heterocycles. The van der Waals surface area contributed by atoms with Crippen molar-refractivity contribution in [2.45, 2.75) is 19.9 Å². The van der Waals surface area contributed by atoms with Crippen LogP contribution in [0, 0.1) is 11.3 Å². The first kappa shape index (κ1) is 14.3. The van der Waals surface area contributed by atoms with E-state index in [0.29, 0.717) is 0 Å². The Morgan fingerprint density at radius 2 is 1.73 bits per heavy atom. The molecule has 6 nitrogen and oxygen atoms in total. The molecule has 0 saturated heterocycles. The molecule has 0 bridgehead atoms.